The van der Waals surface area contributed by atoms with Crippen molar-refractivity contribution < 1.29 is 9.53 Å². The molecular weight excluding hydrogens is 292 g/mol. The second-order valence-corrected chi connectivity index (χ2v) is 5.34. The van der Waals surface area contributed by atoms with Gasteiger partial charge in [-0.15, -0.1) is 5.10 Å². The molecule has 1 amide bonds. The Morgan fingerprint density at radius 1 is 1.52 bits per heavy atom. The standard InChI is InChI=1S/C14H15ClN4O2/c1-10-9-19(12-4-2-3-11(15)14(12)21-10)13(20)5-7-18-8-6-16-17-18/h2-4,6,8,10H,5,7,9H2,1H3. The van der Waals surface area contributed by atoms with Crippen molar-refractivity contribution in [3.63, 3.8) is 0 Å². The lowest BCUT2D eigenvalue weighted by Crippen LogP contribution is -2.42. The van der Waals surface area contributed by atoms with Crippen molar-refractivity contribution in [3.8, 4) is 5.75 Å². The van der Waals surface area contributed by atoms with Gasteiger partial charge in [-0.3, -0.25) is 9.48 Å². The fraction of sp³-hybridized carbons (Fsp3) is 0.357. The molecule has 1 aliphatic rings. The van der Waals surface area contributed by atoms with Crippen LogP contribution in [0.15, 0.2) is 30.6 Å². The molecule has 0 N–H and O–H groups in total. The summed E-state index contributed by atoms with van der Waals surface area (Å²) in [6.45, 7) is 2.94. The summed E-state index contributed by atoms with van der Waals surface area (Å²) in [6, 6.07) is 5.43. The van der Waals surface area contributed by atoms with Crippen molar-refractivity contribution in [3.05, 3.63) is 35.6 Å². The van der Waals surface area contributed by atoms with Crippen molar-refractivity contribution in [1.29, 1.82) is 0 Å². The Hall–Kier alpha value is -2.08. The van der Waals surface area contributed by atoms with Crippen LogP contribution in [-0.2, 0) is 11.3 Å². The molecule has 3 rings (SSSR count). The third-order valence-corrected chi connectivity index (χ3v) is 3.62. The molecule has 0 radical (unpaired) electrons. The average molecular weight is 307 g/mol. The van der Waals surface area contributed by atoms with Crippen LogP contribution >= 0.6 is 11.6 Å². The monoisotopic (exact) mass is 306 g/mol. The lowest BCUT2D eigenvalue weighted by atomic mass is 10.2. The molecule has 0 saturated carbocycles. The van der Waals surface area contributed by atoms with Gasteiger partial charge in [0.15, 0.2) is 5.75 Å². The van der Waals surface area contributed by atoms with Gasteiger partial charge in [0.05, 0.1) is 30.0 Å². The van der Waals surface area contributed by atoms with Crippen molar-refractivity contribution in [2.24, 2.45) is 0 Å². The Bertz CT molecular complexity index is 644. The Morgan fingerprint density at radius 3 is 3.14 bits per heavy atom. The molecule has 7 heteroatoms. The van der Waals surface area contributed by atoms with Crippen LogP contribution < -0.4 is 9.64 Å². The number of fused-ring (bicyclic) bond motifs is 1. The minimum absolute atomic E-state index is 0.0177. The maximum absolute atomic E-state index is 12.5. The van der Waals surface area contributed by atoms with E-state index < -0.39 is 0 Å². The van der Waals surface area contributed by atoms with E-state index in [1.165, 1.54) is 0 Å². The van der Waals surface area contributed by atoms with Crippen LogP contribution in [0.2, 0.25) is 5.02 Å². The van der Waals surface area contributed by atoms with E-state index in [4.69, 9.17) is 16.3 Å². The summed E-state index contributed by atoms with van der Waals surface area (Å²) in [5.74, 6) is 0.594. The van der Waals surface area contributed by atoms with Gasteiger partial charge in [0.25, 0.3) is 0 Å². The lowest BCUT2D eigenvalue weighted by Gasteiger charge is -2.34. The topological polar surface area (TPSA) is 60.2 Å². The maximum Gasteiger partial charge on any atom is 0.229 e. The van der Waals surface area contributed by atoms with Crippen LogP contribution in [0.4, 0.5) is 5.69 Å². The lowest BCUT2D eigenvalue weighted by molar-refractivity contribution is -0.119. The minimum atomic E-state index is -0.0901. The first-order valence-corrected chi connectivity index (χ1v) is 7.12. The number of hydrogen-bond donors (Lipinski definition) is 0. The molecule has 0 saturated heterocycles. The number of nitrogens with zero attached hydrogens (tertiary/aromatic N) is 4. The Morgan fingerprint density at radius 2 is 2.38 bits per heavy atom. The molecule has 6 nitrogen and oxygen atoms in total. The van der Waals surface area contributed by atoms with Crippen LogP contribution in [0.5, 0.6) is 5.75 Å². The fourth-order valence-electron chi connectivity index (χ4n) is 2.35. The predicted molar refractivity (Wildman–Crippen MR) is 78.5 cm³/mol. The van der Waals surface area contributed by atoms with Crippen LogP contribution in [0, 0.1) is 0 Å². The van der Waals surface area contributed by atoms with Crippen molar-refractivity contribution in [2.75, 3.05) is 11.4 Å². The predicted octanol–water partition coefficient (Wildman–Crippen LogP) is 2.14. The summed E-state index contributed by atoms with van der Waals surface area (Å²) < 4.78 is 7.38. The van der Waals surface area contributed by atoms with Gasteiger partial charge in [0, 0.05) is 12.6 Å². The first-order chi connectivity index (χ1) is 10.1. The van der Waals surface area contributed by atoms with E-state index >= 15 is 0 Å². The zero-order chi connectivity index (χ0) is 14.8. The molecule has 0 fully saturated rings. The number of ether oxygens (including phenoxy) is 1. The number of hydrogen-bond acceptors (Lipinski definition) is 4. The Kier molecular flexibility index (Phi) is 3.79. The van der Waals surface area contributed by atoms with Gasteiger partial charge in [0.1, 0.15) is 6.10 Å². The Balaban J connectivity index is 1.79. The molecule has 1 aromatic heterocycles. The number of aromatic nitrogens is 3. The largest absolute Gasteiger partial charge is 0.485 e. The zero-order valence-corrected chi connectivity index (χ0v) is 12.3. The number of para-hydroxylation sites is 1. The van der Waals surface area contributed by atoms with Gasteiger partial charge in [-0.25, -0.2) is 0 Å². The van der Waals surface area contributed by atoms with Crippen LogP contribution in [0.25, 0.3) is 0 Å². The highest BCUT2D eigenvalue weighted by molar-refractivity contribution is 6.32. The van der Waals surface area contributed by atoms with Gasteiger partial charge in [-0.1, -0.05) is 22.9 Å². The van der Waals surface area contributed by atoms with Gasteiger partial charge in [-0.2, -0.15) is 0 Å². The normalized spacial score (nSPS) is 17.2. The number of anilines is 1. The van der Waals surface area contributed by atoms with Crippen molar-refractivity contribution in [1.82, 2.24) is 15.0 Å². The second-order valence-electron chi connectivity index (χ2n) is 4.94. The smallest absolute Gasteiger partial charge is 0.229 e. The molecular formula is C14H15ClN4O2. The average Bonchev–Trinajstić information content (AvgIpc) is 2.98. The van der Waals surface area contributed by atoms with E-state index in [0.717, 1.165) is 5.69 Å². The van der Waals surface area contributed by atoms with Gasteiger partial charge >= 0.3 is 0 Å². The van der Waals surface area contributed by atoms with Crippen molar-refractivity contribution >= 4 is 23.2 Å². The molecule has 1 atom stereocenters. The van der Waals surface area contributed by atoms with E-state index in [-0.39, 0.29) is 12.0 Å². The SMILES string of the molecule is CC1CN(C(=O)CCn2ccnn2)c2cccc(Cl)c2O1. The zero-order valence-electron chi connectivity index (χ0n) is 11.6. The summed E-state index contributed by atoms with van der Waals surface area (Å²) in [6.07, 6.45) is 3.59. The minimum Gasteiger partial charge on any atom is -0.485 e. The van der Waals surface area contributed by atoms with Gasteiger partial charge < -0.3 is 9.64 Å². The second kappa shape index (κ2) is 5.73. The number of rotatable bonds is 3. The maximum atomic E-state index is 12.5. The third-order valence-electron chi connectivity index (χ3n) is 3.32. The van der Waals surface area contributed by atoms with E-state index in [2.05, 4.69) is 10.3 Å². The molecule has 21 heavy (non-hydrogen) atoms. The first kappa shape index (κ1) is 13.9. The van der Waals surface area contributed by atoms with Crippen LogP contribution in [0.1, 0.15) is 13.3 Å². The number of carbonyl (C=O) groups is 1. The number of aryl methyl sites for hydroxylation is 1. The van der Waals surface area contributed by atoms with E-state index in [1.54, 1.807) is 28.0 Å². The van der Waals surface area contributed by atoms with Crippen LogP contribution in [-0.4, -0.2) is 33.5 Å². The summed E-state index contributed by atoms with van der Waals surface area (Å²) >= 11 is 6.15. The summed E-state index contributed by atoms with van der Waals surface area (Å²) in [5, 5.41) is 8.10. The third kappa shape index (κ3) is 2.85. The molecule has 1 unspecified atom stereocenters. The highest BCUT2D eigenvalue weighted by Gasteiger charge is 2.28. The molecule has 2 aromatic rings. The molecule has 0 bridgehead atoms. The van der Waals surface area contributed by atoms with E-state index in [0.29, 0.717) is 30.3 Å². The first-order valence-electron chi connectivity index (χ1n) is 6.75. The highest BCUT2D eigenvalue weighted by atomic mass is 35.5. The van der Waals surface area contributed by atoms with E-state index in [9.17, 15) is 4.79 Å². The highest BCUT2D eigenvalue weighted by Crippen LogP contribution is 2.39. The quantitative estimate of drug-likeness (QED) is 0.871. The molecule has 110 valence electrons. The number of amides is 1. The van der Waals surface area contributed by atoms with Gasteiger partial charge in [-0.05, 0) is 19.1 Å². The molecule has 0 spiro atoms. The van der Waals surface area contributed by atoms with Crippen molar-refractivity contribution in [2.45, 2.75) is 26.0 Å². The summed E-state index contributed by atoms with van der Waals surface area (Å²) in [7, 11) is 0. The molecule has 1 aliphatic heterocycles. The molecule has 0 aliphatic carbocycles. The Labute approximate surface area is 127 Å². The van der Waals surface area contributed by atoms with Crippen LogP contribution in [0.3, 0.4) is 0 Å². The summed E-state index contributed by atoms with van der Waals surface area (Å²) in [4.78, 5) is 14.2. The fourth-order valence-corrected chi connectivity index (χ4v) is 2.57. The molecule has 1 aromatic carbocycles. The molecule has 2 heterocycles. The van der Waals surface area contributed by atoms with Gasteiger partial charge in [0.2, 0.25) is 5.91 Å². The number of halogens is 1. The van der Waals surface area contributed by atoms with E-state index in [1.807, 2.05) is 19.1 Å². The number of carbonyl (C=O) groups excluding carboxylic acids is 1. The summed E-state index contributed by atoms with van der Waals surface area (Å²) in [5.41, 5.74) is 0.726. The number of benzene rings is 1.